The summed E-state index contributed by atoms with van der Waals surface area (Å²) in [6.07, 6.45) is 2.61. The van der Waals surface area contributed by atoms with Crippen molar-refractivity contribution in [3.05, 3.63) is 34.3 Å². The van der Waals surface area contributed by atoms with Gasteiger partial charge in [0, 0.05) is 37.3 Å². The molecule has 2 rings (SSSR count). The van der Waals surface area contributed by atoms with Crippen LogP contribution in [0.1, 0.15) is 18.4 Å². The van der Waals surface area contributed by atoms with E-state index in [-0.39, 0.29) is 0 Å². The molecule has 0 radical (unpaired) electrons. The number of nitrogens with one attached hydrogen (secondary N) is 1. The number of nitrogens with zero attached hydrogens (tertiary/aromatic N) is 1. The van der Waals surface area contributed by atoms with Crippen molar-refractivity contribution in [2.45, 2.75) is 25.4 Å². The van der Waals surface area contributed by atoms with Crippen LogP contribution in [-0.4, -0.2) is 44.3 Å². The lowest BCUT2D eigenvalue weighted by Crippen LogP contribution is -2.38. The first-order chi connectivity index (χ1) is 9.29. The van der Waals surface area contributed by atoms with Crippen LogP contribution in [0.2, 0.25) is 0 Å². The van der Waals surface area contributed by atoms with Gasteiger partial charge in [-0.3, -0.25) is 4.90 Å². The third-order valence-electron chi connectivity index (χ3n) is 3.66. The highest BCUT2D eigenvalue weighted by Gasteiger charge is 2.23. The number of ether oxygens (including phenoxy) is 1. The molecule has 1 aliphatic heterocycles. The zero-order chi connectivity index (χ0) is 13.5. The molecule has 1 aromatic carbocycles. The van der Waals surface area contributed by atoms with Gasteiger partial charge in [0.05, 0.1) is 6.61 Å². The first-order valence-electron chi connectivity index (χ1n) is 6.98. The van der Waals surface area contributed by atoms with Gasteiger partial charge >= 0.3 is 0 Å². The summed E-state index contributed by atoms with van der Waals surface area (Å²) in [6, 6.07) is 9.32. The molecule has 0 spiro atoms. The van der Waals surface area contributed by atoms with Gasteiger partial charge in [-0.15, -0.1) is 0 Å². The summed E-state index contributed by atoms with van der Waals surface area (Å²) >= 11 is 3.48. The maximum absolute atomic E-state index is 5.06. The molecule has 1 aliphatic rings. The zero-order valence-electron chi connectivity index (χ0n) is 11.6. The predicted molar refractivity (Wildman–Crippen MR) is 82.3 cm³/mol. The van der Waals surface area contributed by atoms with Crippen LogP contribution >= 0.6 is 15.9 Å². The number of methoxy groups -OCH3 is 1. The average molecular weight is 327 g/mol. The molecule has 1 saturated heterocycles. The van der Waals surface area contributed by atoms with E-state index in [0.717, 1.165) is 30.7 Å². The van der Waals surface area contributed by atoms with Crippen molar-refractivity contribution in [1.29, 1.82) is 0 Å². The summed E-state index contributed by atoms with van der Waals surface area (Å²) in [5, 5.41) is 3.48. The number of hydrogen-bond acceptors (Lipinski definition) is 3. The second-order valence-corrected chi connectivity index (χ2v) is 6.01. The largest absolute Gasteiger partial charge is 0.383 e. The fourth-order valence-electron chi connectivity index (χ4n) is 2.60. The number of likely N-dealkylation sites (tertiary alicyclic amines) is 1. The molecule has 1 heterocycles. The Morgan fingerprint density at radius 3 is 2.89 bits per heavy atom. The molecular weight excluding hydrogens is 304 g/mol. The third kappa shape index (κ3) is 4.88. The molecule has 0 aromatic heterocycles. The van der Waals surface area contributed by atoms with Gasteiger partial charge in [-0.25, -0.2) is 0 Å². The van der Waals surface area contributed by atoms with E-state index < -0.39 is 0 Å². The monoisotopic (exact) mass is 326 g/mol. The van der Waals surface area contributed by atoms with Crippen molar-refractivity contribution in [1.82, 2.24) is 10.2 Å². The lowest BCUT2D eigenvalue weighted by Gasteiger charge is -2.24. The second kappa shape index (κ2) is 8.00. The summed E-state index contributed by atoms with van der Waals surface area (Å²) < 4.78 is 6.21. The molecule has 0 amide bonds. The summed E-state index contributed by atoms with van der Waals surface area (Å²) in [7, 11) is 1.75. The van der Waals surface area contributed by atoms with Gasteiger partial charge < -0.3 is 10.1 Å². The minimum atomic E-state index is 0.667. The molecule has 0 aliphatic carbocycles. The molecule has 0 saturated carbocycles. The SMILES string of the molecule is COCCNCC1CCCN1Cc1ccc(Br)cc1. The number of rotatable bonds is 7. The van der Waals surface area contributed by atoms with Crippen molar-refractivity contribution >= 4 is 15.9 Å². The normalized spacial score (nSPS) is 20.0. The molecule has 3 nitrogen and oxygen atoms in total. The third-order valence-corrected chi connectivity index (χ3v) is 4.19. The molecule has 0 bridgehead atoms. The van der Waals surface area contributed by atoms with E-state index in [9.17, 15) is 0 Å². The van der Waals surface area contributed by atoms with Gasteiger partial charge in [0.2, 0.25) is 0 Å². The highest BCUT2D eigenvalue weighted by Crippen LogP contribution is 2.20. The quantitative estimate of drug-likeness (QED) is 0.779. The molecule has 4 heteroatoms. The van der Waals surface area contributed by atoms with E-state index in [1.54, 1.807) is 7.11 Å². The van der Waals surface area contributed by atoms with Crippen LogP contribution in [0, 0.1) is 0 Å². The first kappa shape index (κ1) is 15.0. The van der Waals surface area contributed by atoms with Gasteiger partial charge in [0.25, 0.3) is 0 Å². The van der Waals surface area contributed by atoms with E-state index >= 15 is 0 Å². The van der Waals surface area contributed by atoms with Gasteiger partial charge in [0.15, 0.2) is 0 Å². The summed E-state index contributed by atoms with van der Waals surface area (Å²) in [6.45, 7) is 5.08. The average Bonchev–Trinajstić information content (AvgIpc) is 2.85. The van der Waals surface area contributed by atoms with Crippen LogP contribution in [0.4, 0.5) is 0 Å². The van der Waals surface area contributed by atoms with Gasteiger partial charge in [-0.2, -0.15) is 0 Å². The molecule has 106 valence electrons. The van der Waals surface area contributed by atoms with E-state index in [1.807, 2.05) is 0 Å². The molecule has 1 fully saturated rings. The minimum absolute atomic E-state index is 0.667. The standard InChI is InChI=1S/C15H23BrN2O/c1-19-10-8-17-11-15-3-2-9-18(15)12-13-4-6-14(16)7-5-13/h4-7,15,17H,2-3,8-12H2,1H3. The number of hydrogen-bond donors (Lipinski definition) is 1. The van der Waals surface area contributed by atoms with Crippen LogP contribution < -0.4 is 5.32 Å². The summed E-state index contributed by atoms with van der Waals surface area (Å²) in [5.74, 6) is 0. The molecule has 1 atom stereocenters. The Morgan fingerprint density at radius 2 is 2.16 bits per heavy atom. The lowest BCUT2D eigenvalue weighted by atomic mass is 10.2. The van der Waals surface area contributed by atoms with Crippen molar-refractivity contribution in [2.75, 3.05) is 33.4 Å². The zero-order valence-corrected chi connectivity index (χ0v) is 13.2. The first-order valence-corrected chi connectivity index (χ1v) is 7.77. The minimum Gasteiger partial charge on any atom is -0.383 e. The van der Waals surface area contributed by atoms with Crippen molar-refractivity contribution < 1.29 is 4.74 Å². The van der Waals surface area contributed by atoms with Crippen LogP contribution in [0.15, 0.2) is 28.7 Å². The van der Waals surface area contributed by atoms with Gasteiger partial charge in [0.1, 0.15) is 0 Å². The smallest absolute Gasteiger partial charge is 0.0587 e. The lowest BCUT2D eigenvalue weighted by molar-refractivity contribution is 0.191. The fourth-order valence-corrected chi connectivity index (χ4v) is 2.87. The number of benzene rings is 1. The highest BCUT2D eigenvalue weighted by atomic mass is 79.9. The fraction of sp³-hybridized carbons (Fsp3) is 0.600. The Hall–Kier alpha value is -0.420. The van der Waals surface area contributed by atoms with Gasteiger partial charge in [-0.1, -0.05) is 28.1 Å². The molecule has 1 N–H and O–H groups in total. The Bertz CT molecular complexity index is 369. The Morgan fingerprint density at radius 1 is 1.37 bits per heavy atom. The predicted octanol–water partition coefficient (Wildman–Crippen LogP) is 2.65. The van der Waals surface area contributed by atoms with Crippen molar-refractivity contribution in [3.8, 4) is 0 Å². The Balaban J connectivity index is 1.79. The van der Waals surface area contributed by atoms with E-state index in [4.69, 9.17) is 4.74 Å². The maximum atomic E-state index is 5.06. The van der Waals surface area contributed by atoms with Crippen molar-refractivity contribution in [2.24, 2.45) is 0 Å². The Labute approximate surface area is 124 Å². The maximum Gasteiger partial charge on any atom is 0.0587 e. The van der Waals surface area contributed by atoms with E-state index in [2.05, 4.69) is 50.4 Å². The Kier molecular flexibility index (Phi) is 6.31. The summed E-state index contributed by atoms with van der Waals surface area (Å²) in [5.41, 5.74) is 1.40. The van der Waals surface area contributed by atoms with Crippen LogP contribution in [-0.2, 0) is 11.3 Å². The molecule has 19 heavy (non-hydrogen) atoms. The van der Waals surface area contributed by atoms with Crippen LogP contribution in [0.5, 0.6) is 0 Å². The van der Waals surface area contributed by atoms with Crippen LogP contribution in [0.25, 0.3) is 0 Å². The van der Waals surface area contributed by atoms with Gasteiger partial charge in [-0.05, 0) is 37.1 Å². The van der Waals surface area contributed by atoms with Crippen LogP contribution in [0.3, 0.4) is 0 Å². The number of halogens is 1. The van der Waals surface area contributed by atoms with E-state index in [1.165, 1.54) is 24.9 Å². The van der Waals surface area contributed by atoms with Crippen molar-refractivity contribution in [3.63, 3.8) is 0 Å². The van der Waals surface area contributed by atoms with E-state index in [0.29, 0.717) is 6.04 Å². The molecule has 1 unspecified atom stereocenters. The topological polar surface area (TPSA) is 24.5 Å². The summed E-state index contributed by atoms with van der Waals surface area (Å²) in [4.78, 5) is 2.59. The molecular formula is C15H23BrN2O. The molecule has 1 aromatic rings. The highest BCUT2D eigenvalue weighted by molar-refractivity contribution is 9.10. The second-order valence-electron chi connectivity index (χ2n) is 5.09.